The van der Waals surface area contributed by atoms with Crippen molar-refractivity contribution < 1.29 is 14.5 Å². The number of nitro benzene ring substituents is 1. The van der Waals surface area contributed by atoms with Crippen molar-refractivity contribution in [2.45, 2.75) is 6.92 Å². The second kappa shape index (κ2) is 7.87. The van der Waals surface area contributed by atoms with Crippen LogP contribution in [0.1, 0.15) is 16.7 Å². The van der Waals surface area contributed by atoms with Crippen LogP contribution in [0.4, 0.5) is 11.4 Å². The predicted molar refractivity (Wildman–Crippen MR) is 132 cm³/mol. The van der Waals surface area contributed by atoms with Crippen LogP contribution in [0.15, 0.2) is 96.6 Å². The van der Waals surface area contributed by atoms with Crippen molar-refractivity contribution in [3.63, 3.8) is 0 Å². The number of carbonyl (C=O) groups is 2. The fraction of sp³-hybridized carbons (Fsp3) is 0.172. The van der Waals surface area contributed by atoms with Crippen LogP contribution >= 0.6 is 0 Å². The number of amides is 2. The van der Waals surface area contributed by atoms with Crippen LogP contribution in [-0.4, -0.2) is 16.7 Å². The van der Waals surface area contributed by atoms with E-state index in [4.69, 9.17) is 0 Å². The molecule has 3 aliphatic rings. The largest absolute Gasteiger partial charge is 0.274 e. The molecule has 1 heterocycles. The van der Waals surface area contributed by atoms with Crippen LogP contribution in [-0.2, 0) is 9.59 Å². The molecular weight excluding hydrogens is 440 g/mol. The summed E-state index contributed by atoms with van der Waals surface area (Å²) < 4.78 is 0. The van der Waals surface area contributed by atoms with E-state index in [0.717, 1.165) is 22.3 Å². The molecule has 3 aromatic rings. The van der Waals surface area contributed by atoms with Crippen LogP contribution in [0.2, 0.25) is 0 Å². The Balaban J connectivity index is 1.48. The summed E-state index contributed by atoms with van der Waals surface area (Å²) in [6, 6.07) is 24.5. The topological polar surface area (TPSA) is 80.5 Å². The lowest BCUT2D eigenvalue weighted by Gasteiger charge is -2.22. The summed E-state index contributed by atoms with van der Waals surface area (Å²) in [5.41, 5.74) is 5.11. The number of aryl methyl sites for hydroxylation is 1. The van der Waals surface area contributed by atoms with Crippen molar-refractivity contribution >= 4 is 28.8 Å². The molecule has 0 aromatic heterocycles. The number of nitro groups is 1. The number of imide groups is 1. The quantitative estimate of drug-likeness (QED) is 0.227. The summed E-state index contributed by atoms with van der Waals surface area (Å²) in [4.78, 5) is 39.5. The van der Waals surface area contributed by atoms with E-state index < -0.39 is 16.8 Å². The Morgan fingerprint density at radius 1 is 0.800 bits per heavy atom. The highest BCUT2D eigenvalue weighted by Gasteiger charge is 2.62. The van der Waals surface area contributed by atoms with E-state index in [9.17, 15) is 19.7 Å². The Hall–Kier alpha value is -4.32. The highest BCUT2D eigenvalue weighted by atomic mass is 16.6. The third-order valence-electron chi connectivity index (χ3n) is 7.47. The van der Waals surface area contributed by atoms with Gasteiger partial charge in [0.2, 0.25) is 11.8 Å². The number of hydrogen-bond donors (Lipinski definition) is 0. The normalized spacial score (nSPS) is 24.3. The zero-order chi connectivity index (χ0) is 24.3. The second-order valence-electron chi connectivity index (χ2n) is 9.29. The van der Waals surface area contributed by atoms with Gasteiger partial charge in [-0.2, -0.15) is 0 Å². The van der Waals surface area contributed by atoms with Gasteiger partial charge in [-0.3, -0.25) is 19.7 Å². The molecule has 0 unspecified atom stereocenters. The Morgan fingerprint density at radius 3 is 1.80 bits per heavy atom. The SMILES string of the molecule is Cc1ccc([N+](=O)[O-])cc1N1C(=O)[C@@H]2[C@H](C1=O)[C@@H]1C=C[C@@H]2C1=C(c1ccccc1)c1ccccc1. The number of hydrogen-bond acceptors (Lipinski definition) is 4. The smallest absolute Gasteiger partial charge is 0.271 e. The molecular formula is C29H22N2O4. The highest BCUT2D eigenvalue weighted by Crippen LogP contribution is 2.59. The first-order valence-corrected chi connectivity index (χ1v) is 11.6. The molecule has 172 valence electrons. The molecule has 2 fully saturated rings. The fourth-order valence-corrected chi connectivity index (χ4v) is 6.00. The first-order valence-electron chi connectivity index (χ1n) is 11.6. The molecule has 4 atom stereocenters. The highest BCUT2D eigenvalue weighted by molar-refractivity contribution is 6.24. The number of benzene rings is 3. The minimum absolute atomic E-state index is 0.139. The minimum atomic E-state index is -0.507. The van der Waals surface area contributed by atoms with E-state index in [2.05, 4.69) is 36.4 Å². The molecule has 0 radical (unpaired) electrons. The predicted octanol–water partition coefficient (Wildman–Crippen LogP) is 5.33. The molecule has 0 N–H and O–H groups in total. The van der Waals surface area contributed by atoms with Crippen LogP contribution in [0.3, 0.4) is 0 Å². The summed E-state index contributed by atoms with van der Waals surface area (Å²) in [5, 5.41) is 11.3. The maximum Gasteiger partial charge on any atom is 0.271 e. The molecule has 1 saturated carbocycles. The second-order valence-corrected chi connectivity index (χ2v) is 9.29. The number of anilines is 1. The fourth-order valence-electron chi connectivity index (χ4n) is 6.00. The molecule has 1 saturated heterocycles. The molecule has 1 aliphatic heterocycles. The maximum atomic E-state index is 13.7. The van der Waals surface area contributed by atoms with Gasteiger partial charge in [-0.25, -0.2) is 4.90 Å². The van der Waals surface area contributed by atoms with Gasteiger partial charge in [0.05, 0.1) is 22.4 Å². The molecule has 6 rings (SSSR count). The standard InChI is InChI=1S/C29H22N2O4/c1-17-12-13-20(31(34)35)16-23(17)30-28(32)26-21-14-15-22(27(26)29(30)33)25(21)24(18-8-4-2-5-9-18)19-10-6-3-7-11-19/h2-16,21-22,26-27H,1H3/t21-,22-,26-,27+/m1/s1. The summed E-state index contributed by atoms with van der Waals surface area (Å²) in [6.07, 6.45) is 4.12. The Kier molecular flexibility index (Phi) is 4.78. The molecule has 35 heavy (non-hydrogen) atoms. The summed E-state index contributed by atoms with van der Waals surface area (Å²) in [6.45, 7) is 1.76. The van der Waals surface area contributed by atoms with E-state index in [0.29, 0.717) is 11.3 Å². The van der Waals surface area contributed by atoms with E-state index in [1.54, 1.807) is 13.0 Å². The summed E-state index contributed by atoms with van der Waals surface area (Å²) in [5.74, 6) is -1.96. The van der Waals surface area contributed by atoms with Gasteiger partial charge in [-0.15, -0.1) is 0 Å². The van der Waals surface area contributed by atoms with Crippen LogP contribution in [0.25, 0.3) is 5.57 Å². The first-order chi connectivity index (χ1) is 17.0. The molecule has 3 aromatic carbocycles. The molecule has 6 heteroatoms. The third-order valence-corrected chi connectivity index (χ3v) is 7.47. The van der Waals surface area contributed by atoms with Gasteiger partial charge in [0.1, 0.15) is 0 Å². The number of rotatable bonds is 4. The van der Waals surface area contributed by atoms with Gasteiger partial charge >= 0.3 is 0 Å². The molecule has 2 amide bonds. The molecule has 2 bridgehead atoms. The number of fused-ring (bicyclic) bond motifs is 5. The van der Waals surface area contributed by atoms with Crippen molar-refractivity contribution in [2.75, 3.05) is 4.90 Å². The first kappa shape index (κ1) is 21.2. The van der Waals surface area contributed by atoms with Crippen molar-refractivity contribution in [1.29, 1.82) is 0 Å². The Morgan fingerprint density at radius 2 is 1.31 bits per heavy atom. The molecule has 2 aliphatic carbocycles. The van der Waals surface area contributed by atoms with Gasteiger partial charge in [0.15, 0.2) is 0 Å². The lowest BCUT2D eigenvalue weighted by molar-refractivity contribution is -0.384. The number of non-ortho nitro benzene ring substituents is 1. The monoisotopic (exact) mass is 462 g/mol. The molecule has 6 nitrogen and oxygen atoms in total. The lowest BCUT2D eigenvalue weighted by Crippen LogP contribution is -2.34. The Labute approximate surface area is 202 Å². The number of nitrogens with zero attached hydrogens (tertiary/aromatic N) is 2. The average Bonchev–Trinajstić information content (AvgIpc) is 3.50. The van der Waals surface area contributed by atoms with Crippen molar-refractivity contribution in [3.8, 4) is 0 Å². The third kappa shape index (κ3) is 3.10. The van der Waals surface area contributed by atoms with Crippen LogP contribution < -0.4 is 4.90 Å². The van der Waals surface area contributed by atoms with Gasteiger partial charge < -0.3 is 0 Å². The van der Waals surface area contributed by atoms with Gasteiger partial charge in [-0.05, 0) is 34.8 Å². The van der Waals surface area contributed by atoms with Crippen molar-refractivity contribution in [2.24, 2.45) is 23.7 Å². The van der Waals surface area contributed by atoms with Gasteiger partial charge in [-0.1, -0.05) is 78.9 Å². The lowest BCUT2D eigenvalue weighted by atomic mass is 9.85. The van der Waals surface area contributed by atoms with E-state index in [1.165, 1.54) is 17.0 Å². The van der Waals surface area contributed by atoms with E-state index in [1.807, 2.05) is 36.4 Å². The van der Waals surface area contributed by atoms with Crippen LogP contribution in [0, 0.1) is 40.7 Å². The van der Waals surface area contributed by atoms with E-state index in [-0.39, 0.29) is 29.3 Å². The van der Waals surface area contributed by atoms with E-state index >= 15 is 0 Å². The number of allylic oxidation sites excluding steroid dienone is 3. The maximum absolute atomic E-state index is 13.7. The summed E-state index contributed by atoms with van der Waals surface area (Å²) >= 11 is 0. The zero-order valence-corrected chi connectivity index (χ0v) is 19.0. The minimum Gasteiger partial charge on any atom is -0.274 e. The zero-order valence-electron chi connectivity index (χ0n) is 19.0. The van der Waals surface area contributed by atoms with Gasteiger partial charge in [0.25, 0.3) is 5.69 Å². The summed E-state index contributed by atoms with van der Waals surface area (Å²) in [7, 11) is 0. The van der Waals surface area contributed by atoms with Crippen LogP contribution in [0.5, 0.6) is 0 Å². The Bertz CT molecular complexity index is 1370. The average molecular weight is 463 g/mol. The van der Waals surface area contributed by atoms with Crippen molar-refractivity contribution in [1.82, 2.24) is 0 Å². The molecule has 0 spiro atoms. The van der Waals surface area contributed by atoms with Gasteiger partial charge in [0, 0.05) is 24.0 Å². The van der Waals surface area contributed by atoms with Crippen molar-refractivity contribution in [3.05, 3.63) is 123 Å². The number of carbonyl (C=O) groups excluding carboxylic acids is 2.